The van der Waals surface area contributed by atoms with Crippen LogP contribution in [0.4, 0.5) is 0 Å². The van der Waals surface area contributed by atoms with Gasteiger partial charge >= 0.3 is 50.0 Å². The minimum Gasteiger partial charge on any atom is -0.253 e. The summed E-state index contributed by atoms with van der Waals surface area (Å²) in [6, 6.07) is 13.3. The first-order chi connectivity index (χ1) is 8.36. The molecule has 3 rings (SSSR count). The number of hydrogen-bond donors (Lipinski definition) is 0. The molecule has 0 aliphatic carbocycles. The summed E-state index contributed by atoms with van der Waals surface area (Å²) in [6.07, 6.45) is 5.07. The Labute approximate surface area is 108 Å². The van der Waals surface area contributed by atoms with Crippen LogP contribution in [0.15, 0.2) is 61.1 Å². The van der Waals surface area contributed by atoms with Crippen molar-refractivity contribution in [3.63, 3.8) is 0 Å². The third kappa shape index (κ3) is 3.63. The molecule has 2 heterocycles. The van der Waals surface area contributed by atoms with Gasteiger partial charge < -0.3 is 0 Å². The van der Waals surface area contributed by atoms with E-state index in [1.165, 1.54) is 0 Å². The Balaban J connectivity index is 0.000000136. The fourth-order valence-corrected chi connectivity index (χ4v) is 1.40. The van der Waals surface area contributed by atoms with Crippen molar-refractivity contribution in [2.75, 3.05) is 0 Å². The molecule has 0 unspecified atom stereocenters. The number of benzene rings is 1. The van der Waals surface area contributed by atoms with Gasteiger partial charge in [-0.1, -0.05) is 12.1 Å². The molecule has 0 N–H and O–H groups in total. The maximum absolute atomic E-state index is 4.84. The van der Waals surface area contributed by atoms with Gasteiger partial charge in [-0.2, -0.15) is 0 Å². The number of para-hydroxylation sites is 2. The molecule has 0 aliphatic rings. The van der Waals surface area contributed by atoms with Gasteiger partial charge in [-0.25, -0.2) is 0 Å². The standard InChI is InChI=1S/C8H6N2.C5H4N.Cu/c1-2-4-8-7(3-1)9-5-6-10-8;1-2-4-6-5-3-1;/h1-6H;1-4H;. The Morgan fingerprint density at radius 2 is 1.24 bits per heavy atom. The summed E-state index contributed by atoms with van der Waals surface area (Å²) in [6.45, 7) is 0. The zero-order valence-corrected chi connectivity index (χ0v) is 9.86. The molecule has 88 valence electrons. The van der Waals surface area contributed by atoms with Crippen LogP contribution in [0.5, 0.6) is 0 Å². The molecule has 0 radical (unpaired) electrons. The molecule has 0 spiro atoms. The second kappa shape index (κ2) is 6.09. The number of hydrogen-bond acceptors (Lipinski definition) is 3. The van der Waals surface area contributed by atoms with Gasteiger partial charge in [-0.05, 0) is 12.1 Å². The molecule has 0 amide bonds. The fraction of sp³-hybridized carbons (Fsp3) is 0. The molecule has 3 aromatic rings. The van der Waals surface area contributed by atoms with E-state index < -0.39 is 0 Å². The van der Waals surface area contributed by atoms with Gasteiger partial charge in [0.2, 0.25) is 0 Å². The molecular formula is C13H10CuN3. The van der Waals surface area contributed by atoms with E-state index in [1.807, 2.05) is 36.4 Å². The van der Waals surface area contributed by atoms with Crippen molar-refractivity contribution < 1.29 is 16.0 Å². The van der Waals surface area contributed by atoms with Crippen LogP contribution in [0.1, 0.15) is 0 Å². The first-order valence-corrected chi connectivity index (χ1v) is 5.52. The second-order valence-corrected chi connectivity index (χ2v) is 3.64. The summed E-state index contributed by atoms with van der Waals surface area (Å²) < 4.78 is 0.634. The number of aromatic nitrogens is 3. The molecule has 4 heteroatoms. The monoisotopic (exact) mass is 271 g/mol. The molecular weight excluding hydrogens is 262 g/mol. The number of rotatable bonds is 0. The number of nitrogens with zero attached hydrogens (tertiary/aromatic N) is 3. The Bertz CT molecular complexity index is 519. The van der Waals surface area contributed by atoms with Crippen LogP contribution in [0.3, 0.4) is 0 Å². The van der Waals surface area contributed by atoms with Gasteiger partial charge in [0.05, 0.1) is 11.0 Å². The van der Waals surface area contributed by atoms with Crippen LogP contribution >= 0.6 is 0 Å². The molecule has 2 aromatic heterocycles. The Kier molecular flexibility index (Phi) is 4.19. The summed E-state index contributed by atoms with van der Waals surface area (Å²) in [7, 11) is 0. The van der Waals surface area contributed by atoms with Crippen LogP contribution in [0, 0.1) is 0 Å². The zero-order chi connectivity index (χ0) is 11.9. The summed E-state index contributed by atoms with van der Waals surface area (Å²) in [5, 5.41) is 0. The van der Waals surface area contributed by atoms with E-state index in [0.717, 1.165) is 11.0 Å². The molecule has 0 bridgehead atoms. The minimum absolute atomic E-state index is 0.634. The maximum atomic E-state index is 4.84. The predicted octanol–water partition coefficient (Wildman–Crippen LogP) is 1.88. The van der Waals surface area contributed by atoms with Gasteiger partial charge in [0.15, 0.2) is 0 Å². The van der Waals surface area contributed by atoms with E-state index in [4.69, 9.17) is 16.0 Å². The SMILES string of the molecule is [Cu][c]1ccccn1.c1ccc2nccnc2c1. The first-order valence-electron chi connectivity index (χ1n) is 5.05. The number of pyridine rings is 1. The molecule has 3 nitrogen and oxygen atoms in total. The van der Waals surface area contributed by atoms with Crippen molar-refractivity contribution in [1.82, 2.24) is 15.0 Å². The van der Waals surface area contributed by atoms with E-state index in [1.54, 1.807) is 24.7 Å². The van der Waals surface area contributed by atoms with E-state index in [9.17, 15) is 0 Å². The normalized spacial score (nSPS) is 9.53. The van der Waals surface area contributed by atoms with Crippen molar-refractivity contribution in [1.29, 1.82) is 0 Å². The van der Waals surface area contributed by atoms with Crippen molar-refractivity contribution in [3.05, 3.63) is 61.1 Å². The van der Waals surface area contributed by atoms with Crippen LogP contribution in [-0.4, -0.2) is 15.0 Å². The van der Waals surface area contributed by atoms with Gasteiger partial charge in [-0.15, -0.1) is 0 Å². The third-order valence-electron chi connectivity index (χ3n) is 1.98. The quantitative estimate of drug-likeness (QED) is 0.586. The fourth-order valence-electron chi connectivity index (χ4n) is 1.24. The Hall–Kier alpha value is -1.77. The summed E-state index contributed by atoms with van der Waals surface area (Å²) >= 11 is 4.84. The van der Waals surface area contributed by atoms with E-state index >= 15 is 0 Å². The smallest absolute Gasteiger partial charge is 0.0886 e. The topological polar surface area (TPSA) is 38.7 Å². The maximum Gasteiger partial charge on any atom is 0.0886 e. The molecule has 0 aliphatic heterocycles. The van der Waals surface area contributed by atoms with Gasteiger partial charge in [0, 0.05) is 12.4 Å². The Morgan fingerprint density at radius 1 is 0.647 bits per heavy atom. The molecule has 0 fully saturated rings. The minimum atomic E-state index is 0.634. The second-order valence-electron chi connectivity index (χ2n) is 3.16. The van der Waals surface area contributed by atoms with E-state index in [2.05, 4.69) is 15.0 Å². The molecule has 17 heavy (non-hydrogen) atoms. The van der Waals surface area contributed by atoms with E-state index in [-0.39, 0.29) is 0 Å². The largest absolute Gasteiger partial charge is 0.253 e. The first kappa shape index (κ1) is 11.7. The van der Waals surface area contributed by atoms with Crippen LogP contribution in [-0.2, 0) is 16.0 Å². The molecule has 0 saturated heterocycles. The van der Waals surface area contributed by atoms with Crippen LogP contribution < -0.4 is 4.59 Å². The van der Waals surface area contributed by atoms with Crippen LogP contribution in [0.2, 0.25) is 0 Å². The molecule has 0 saturated carbocycles. The average Bonchev–Trinajstić information content (AvgIpc) is 2.41. The summed E-state index contributed by atoms with van der Waals surface area (Å²) in [5.74, 6) is 0. The summed E-state index contributed by atoms with van der Waals surface area (Å²) in [5.41, 5.74) is 1.90. The van der Waals surface area contributed by atoms with E-state index in [0.29, 0.717) is 4.59 Å². The summed E-state index contributed by atoms with van der Waals surface area (Å²) in [4.78, 5) is 12.0. The number of fused-ring (bicyclic) bond motifs is 1. The molecule has 0 atom stereocenters. The predicted molar refractivity (Wildman–Crippen MR) is 63.4 cm³/mol. The third-order valence-corrected chi connectivity index (χ3v) is 2.26. The zero-order valence-electron chi connectivity index (χ0n) is 8.92. The van der Waals surface area contributed by atoms with Crippen molar-refractivity contribution in [2.45, 2.75) is 0 Å². The van der Waals surface area contributed by atoms with Crippen molar-refractivity contribution in [2.24, 2.45) is 0 Å². The van der Waals surface area contributed by atoms with Crippen molar-refractivity contribution in [3.8, 4) is 0 Å². The van der Waals surface area contributed by atoms with Crippen molar-refractivity contribution >= 4 is 15.6 Å². The average molecular weight is 272 g/mol. The van der Waals surface area contributed by atoms with Crippen LogP contribution in [0.25, 0.3) is 11.0 Å². The van der Waals surface area contributed by atoms with Gasteiger partial charge in [0.1, 0.15) is 0 Å². The van der Waals surface area contributed by atoms with Gasteiger partial charge in [0.25, 0.3) is 0 Å². The van der Waals surface area contributed by atoms with Gasteiger partial charge in [-0.3, -0.25) is 9.97 Å². The Morgan fingerprint density at radius 3 is 1.65 bits per heavy atom. The molecule has 1 aromatic carbocycles.